The highest BCUT2D eigenvalue weighted by Crippen LogP contribution is 2.16. The lowest BCUT2D eigenvalue weighted by Gasteiger charge is -2.14. The molecule has 0 aliphatic rings. The van der Waals surface area contributed by atoms with E-state index in [1.165, 1.54) is 24.4 Å². The van der Waals surface area contributed by atoms with Gasteiger partial charge in [-0.25, -0.2) is 8.96 Å². The van der Waals surface area contributed by atoms with Gasteiger partial charge in [0, 0.05) is 26.9 Å². The minimum absolute atomic E-state index is 0.454. The average Bonchev–Trinajstić information content (AvgIpc) is 2.61. The molecule has 100 valence electrons. The van der Waals surface area contributed by atoms with E-state index in [1.54, 1.807) is 6.08 Å². The van der Waals surface area contributed by atoms with E-state index < -0.39 is 10.2 Å². The molecule has 0 fully saturated rings. The Morgan fingerprint density at radius 3 is 2.61 bits per heavy atom. The molecule has 0 saturated carbocycles. The van der Waals surface area contributed by atoms with Gasteiger partial charge in [0.15, 0.2) is 0 Å². The Morgan fingerprint density at radius 2 is 2.17 bits per heavy atom. The minimum Gasteiger partial charge on any atom is -0.240 e. The number of hydrogen-bond acceptors (Lipinski definition) is 3. The lowest BCUT2D eigenvalue weighted by atomic mass is 10.1. The van der Waals surface area contributed by atoms with Crippen molar-refractivity contribution in [1.29, 1.82) is 0 Å². The van der Waals surface area contributed by atoms with Crippen molar-refractivity contribution in [3.8, 4) is 0 Å². The molecule has 0 aliphatic carbocycles. The van der Waals surface area contributed by atoms with Crippen molar-refractivity contribution in [3.63, 3.8) is 0 Å². The molecule has 1 rings (SSSR count). The Balaban J connectivity index is 3.34. The quantitative estimate of drug-likeness (QED) is 0.733. The zero-order valence-corrected chi connectivity index (χ0v) is 11.9. The summed E-state index contributed by atoms with van der Waals surface area (Å²) in [7, 11) is -0.552. The van der Waals surface area contributed by atoms with Gasteiger partial charge < -0.3 is 0 Å². The molecule has 0 aliphatic heterocycles. The maximum Gasteiger partial charge on any atom is 0.308 e. The number of hydrogen-bond donors (Lipinski definition) is 0. The van der Waals surface area contributed by atoms with Crippen LogP contribution in [0.15, 0.2) is 31.1 Å². The summed E-state index contributed by atoms with van der Waals surface area (Å²) in [6, 6.07) is 0. The molecular weight excluding hydrogens is 250 g/mol. The van der Waals surface area contributed by atoms with Crippen LogP contribution in [0.1, 0.15) is 18.3 Å². The molecule has 5 nitrogen and oxygen atoms in total. The number of allylic oxidation sites excluding steroid dienone is 2. The summed E-state index contributed by atoms with van der Waals surface area (Å²) < 4.78 is 26.6. The summed E-state index contributed by atoms with van der Waals surface area (Å²) in [5.74, 6) is 0. The molecule has 0 unspecified atom stereocenters. The van der Waals surface area contributed by atoms with E-state index in [1.807, 2.05) is 6.92 Å². The highest BCUT2D eigenvalue weighted by molar-refractivity contribution is 7.87. The van der Waals surface area contributed by atoms with Crippen LogP contribution in [-0.2, 0) is 23.1 Å². The lowest BCUT2D eigenvalue weighted by Crippen LogP contribution is -2.29. The normalized spacial score (nSPS) is 11.8. The third kappa shape index (κ3) is 2.88. The van der Waals surface area contributed by atoms with Gasteiger partial charge in [0.05, 0.1) is 11.4 Å². The third-order valence-electron chi connectivity index (χ3n) is 2.43. The molecule has 0 radical (unpaired) electrons. The van der Waals surface area contributed by atoms with Crippen molar-refractivity contribution in [1.82, 2.24) is 13.3 Å². The largest absolute Gasteiger partial charge is 0.308 e. The third-order valence-corrected chi connectivity index (χ3v) is 4.17. The summed E-state index contributed by atoms with van der Waals surface area (Å²) in [6.07, 6.45) is 4.03. The molecule has 1 aromatic rings. The van der Waals surface area contributed by atoms with Crippen LogP contribution in [-0.4, -0.2) is 35.8 Å². The second kappa shape index (κ2) is 5.49. The average molecular weight is 269 g/mol. The fraction of sp³-hybridized carbons (Fsp3) is 0.417. The monoisotopic (exact) mass is 269 g/mol. The Morgan fingerprint density at radius 1 is 1.56 bits per heavy atom. The maximum absolute atomic E-state index is 12.1. The predicted molar refractivity (Wildman–Crippen MR) is 72.7 cm³/mol. The highest BCUT2D eigenvalue weighted by Gasteiger charge is 2.22. The van der Waals surface area contributed by atoms with Gasteiger partial charge in [-0.3, -0.25) is 0 Å². The van der Waals surface area contributed by atoms with Gasteiger partial charge in [-0.15, -0.1) is 6.58 Å². The van der Waals surface area contributed by atoms with E-state index >= 15 is 0 Å². The van der Waals surface area contributed by atoms with Gasteiger partial charge in [-0.1, -0.05) is 18.2 Å². The van der Waals surface area contributed by atoms with Crippen LogP contribution in [0.3, 0.4) is 0 Å². The fourth-order valence-electron chi connectivity index (χ4n) is 1.55. The van der Waals surface area contributed by atoms with Crippen LogP contribution in [0.2, 0.25) is 0 Å². The van der Waals surface area contributed by atoms with Crippen molar-refractivity contribution >= 4 is 10.2 Å². The lowest BCUT2D eigenvalue weighted by molar-refractivity contribution is 0.509. The van der Waals surface area contributed by atoms with Gasteiger partial charge in [-0.05, 0) is 6.92 Å². The zero-order chi connectivity index (χ0) is 13.9. The first kappa shape index (κ1) is 14.7. The molecule has 0 spiro atoms. The number of imidazole rings is 1. The highest BCUT2D eigenvalue weighted by atomic mass is 32.2. The Kier molecular flexibility index (Phi) is 4.48. The van der Waals surface area contributed by atoms with Crippen molar-refractivity contribution in [2.75, 3.05) is 14.1 Å². The predicted octanol–water partition coefficient (Wildman–Crippen LogP) is 1.38. The molecule has 1 aromatic heterocycles. The molecule has 1 heterocycles. The summed E-state index contributed by atoms with van der Waals surface area (Å²) >= 11 is 0. The van der Waals surface area contributed by atoms with Crippen molar-refractivity contribution < 1.29 is 8.42 Å². The van der Waals surface area contributed by atoms with Crippen LogP contribution in [0, 0.1) is 0 Å². The number of nitrogens with zero attached hydrogens (tertiary/aromatic N) is 3. The molecule has 0 bridgehead atoms. The van der Waals surface area contributed by atoms with Crippen molar-refractivity contribution in [2.24, 2.45) is 0 Å². The fourth-order valence-corrected chi connectivity index (χ4v) is 2.52. The minimum atomic E-state index is -3.53. The Hall–Kier alpha value is -1.40. The van der Waals surface area contributed by atoms with Crippen LogP contribution in [0.5, 0.6) is 0 Å². The molecule has 0 amide bonds. The summed E-state index contributed by atoms with van der Waals surface area (Å²) in [4.78, 5) is 4.17. The summed E-state index contributed by atoms with van der Waals surface area (Å²) in [5, 5.41) is 0. The van der Waals surface area contributed by atoms with Crippen molar-refractivity contribution in [3.05, 3.63) is 42.5 Å². The van der Waals surface area contributed by atoms with Gasteiger partial charge in [0.1, 0.15) is 6.33 Å². The van der Waals surface area contributed by atoms with E-state index in [4.69, 9.17) is 0 Å². The van der Waals surface area contributed by atoms with Crippen LogP contribution >= 0.6 is 0 Å². The second-order valence-corrected chi connectivity index (χ2v) is 6.37. The topological polar surface area (TPSA) is 55.2 Å². The van der Waals surface area contributed by atoms with Gasteiger partial charge >= 0.3 is 10.2 Å². The maximum atomic E-state index is 12.1. The molecule has 18 heavy (non-hydrogen) atoms. The van der Waals surface area contributed by atoms with E-state index in [0.29, 0.717) is 18.5 Å². The molecule has 6 heteroatoms. The molecule has 0 atom stereocenters. The summed E-state index contributed by atoms with van der Waals surface area (Å²) in [6.45, 7) is 9.36. The molecule has 0 saturated heterocycles. The van der Waals surface area contributed by atoms with E-state index in [-0.39, 0.29) is 0 Å². The van der Waals surface area contributed by atoms with Crippen LogP contribution in [0.4, 0.5) is 0 Å². The Bertz CT molecular complexity index is 556. The second-order valence-electron chi connectivity index (χ2n) is 4.35. The van der Waals surface area contributed by atoms with Crippen LogP contribution < -0.4 is 0 Å². The zero-order valence-electron chi connectivity index (χ0n) is 11.0. The first-order valence-corrected chi connectivity index (χ1v) is 6.93. The molecule has 0 aromatic carbocycles. The number of aromatic nitrogens is 2. The smallest absolute Gasteiger partial charge is 0.240 e. The van der Waals surface area contributed by atoms with Crippen LogP contribution in [0.25, 0.3) is 0 Å². The molecular formula is C12H19N3O2S. The molecule has 0 N–H and O–H groups in total. The van der Waals surface area contributed by atoms with Gasteiger partial charge in [-0.2, -0.15) is 12.7 Å². The standard InChI is InChI=1S/C12H19N3O2S/c1-6-7-12-11(8-10(2)3)13-9-15(12)18(16,17)14(4)5/h6,9H,1-2,7-8H2,3-5H3. The van der Waals surface area contributed by atoms with E-state index in [0.717, 1.165) is 15.6 Å². The number of rotatable bonds is 6. The Labute approximate surface area is 109 Å². The van der Waals surface area contributed by atoms with E-state index in [2.05, 4.69) is 18.1 Å². The van der Waals surface area contributed by atoms with Gasteiger partial charge in [0.25, 0.3) is 0 Å². The van der Waals surface area contributed by atoms with Crippen molar-refractivity contribution in [2.45, 2.75) is 19.8 Å². The first-order chi connectivity index (χ1) is 8.30. The first-order valence-electron chi connectivity index (χ1n) is 5.54. The van der Waals surface area contributed by atoms with Gasteiger partial charge in [0.2, 0.25) is 0 Å². The summed E-state index contributed by atoms with van der Waals surface area (Å²) in [5.41, 5.74) is 2.31. The van der Waals surface area contributed by atoms with E-state index in [9.17, 15) is 8.42 Å². The SMILES string of the molecule is C=CCc1c(CC(=C)C)ncn1S(=O)(=O)N(C)C.